The van der Waals surface area contributed by atoms with Crippen molar-refractivity contribution in [1.29, 1.82) is 0 Å². The molecule has 0 aliphatic rings. The molecule has 0 saturated heterocycles. The van der Waals surface area contributed by atoms with E-state index in [9.17, 15) is 4.39 Å². The van der Waals surface area contributed by atoms with Gasteiger partial charge in [0.1, 0.15) is 0 Å². The summed E-state index contributed by atoms with van der Waals surface area (Å²) in [5.74, 6) is -0.481. The van der Waals surface area contributed by atoms with Gasteiger partial charge in [-0.05, 0) is 18.2 Å². The lowest BCUT2D eigenvalue weighted by atomic mass is 10.2. The summed E-state index contributed by atoms with van der Waals surface area (Å²) < 4.78 is 13.9. The van der Waals surface area contributed by atoms with E-state index in [1.807, 2.05) is 18.2 Å². The molecule has 3 rings (SSSR count). The van der Waals surface area contributed by atoms with Crippen LogP contribution < -0.4 is 5.32 Å². The highest BCUT2D eigenvalue weighted by Crippen LogP contribution is 2.35. The van der Waals surface area contributed by atoms with Crippen molar-refractivity contribution in [3.05, 3.63) is 58.4 Å². The molecule has 0 amide bonds. The number of benzene rings is 1. The van der Waals surface area contributed by atoms with Crippen molar-refractivity contribution in [1.82, 2.24) is 4.98 Å². The second-order valence-electron chi connectivity index (χ2n) is 4.06. The first-order valence-electron chi connectivity index (χ1n) is 5.75. The topological polar surface area (TPSA) is 24.9 Å². The summed E-state index contributed by atoms with van der Waals surface area (Å²) in [7, 11) is 0. The van der Waals surface area contributed by atoms with Gasteiger partial charge in [-0.1, -0.05) is 29.8 Å². The lowest BCUT2D eigenvalue weighted by molar-refractivity contribution is 0.584. The molecule has 1 N–H and O–H groups in total. The Morgan fingerprint density at radius 1 is 1.21 bits per heavy atom. The third-order valence-electron chi connectivity index (χ3n) is 2.78. The molecule has 96 valence electrons. The Morgan fingerprint density at radius 3 is 2.79 bits per heavy atom. The predicted octanol–water partition coefficient (Wildman–Crippen LogP) is 4.70. The molecule has 19 heavy (non-hydrogen) atoms. The van der Waals surface area contributed by atoms with Crippen molar-refractivity contribution in [2.75, 3.05) is 5.32 Å². The Bertz CT molecular complexity index is 709. The fraction of sp³-hybridized carbons (Fsp3) is 0.0714. The van der Waals surface area contributed by atoms with Crippen LogP contribution >= 0.6 is 22.9 Å². The largest absolute Gasteiger partial charge is 0.379 e. The highest BCUT2D eigenvalue weighted by molar-refractivity contribution is 7.19. The zero-order valence-electron chi connectivity index (χ0n) is 9.86. The summed E-state index contributed by atoms with van der Waals surface area (Å²) in [6.07, 6.45) is 1.47. The first-order valence-corrected chi connectivity index (χ1v) is 6.95. The van der Waals surface area contributed by atoms with Crippen LogP contribution in [0.1, 0.15) is 4.88 Å². The van der Waals surface area contributed by atoms with Crippen molar-refractivity contribution in [3.8, 4) is 0 Å². The quantitative estimate of drug-likeness (QED) is 0.708. The molecule has 2 nitrogen and oxygen atoms in total. The van der Waals surface area contributed by atoms with Crippen LogP contribution in [-0.4, -0.2) is 4.98 Å². The van der Waals surface area contributed by atoms with Crippen molar-refractivity contribution < 1.29 is 4.39 Å². The van der Waals surface area contributed by atoms with Gasteiger partial charge >= 0.3 is 0 Å². The van der Waals surface area contributed by atoms with Crippen LogP contribution in [-0.2, 0) is 6.54 Å². The van der Waals surface area contributed by atoms with Gasteiger partial charge in [-0.3, -0.25) is 0 Å². The van der Waals surface area contributed by atoms with E-state index in [4.69, 9.17) is 11.6 Å². The van der Waals surface area contributed by atoms with Gasteiger partial charge in [0.05, 0.1) is 23.5 Å². The number of hydrogen-bond acceptors (Lipinski definition) is 3. The molecule has 0 radical (unpaired) electrons. The SMILES string of the molecule is Fc1ccc(NCc2sc3ccccc3c2Cl)cn1. The molecule has 0 aliphatic carbocycles. The number of halogens is 2. The van der Waals surface area contributed by atoms with E-state index in [1.165, 1.54) is 17.0 Å². The zero-order valence-corrected chi connectivity index (χ0v) is 11.4. The minimum Gasteiger partial charge on any atom is -0.379 e. The fourth-order valence-corrected chi connectivity index (χ4v) is 3.28. The first-order chi connectivity index (χ1) is 9.24. The Hall–Kier alpha value is -1.65. The molecule has 0 spiro atoms. The number of anilines is 1. The molecule has 0 saturated carbocycles. The Morgan fingerprint density at radius 2 is 2.05 bits per heavy atom. The summed E-state index contributed by atoms with van der Waals surface area (Å²) in [5, 5.41) is 5.04. The molecule has 2 heterocycles. The van der Waals surface area contributed by atoms with Crippen LogP contribution in [0, 0.1) is 5.95 Å². The molecule has 5 heteroatoms. The van der Waals surface area contributed by atoms with Gasteiger partial charge in [-0.2, -0.15) is 4.39 Å². The molecule has 0 bridgehead atoms. The standard InChI is InChI=1S/C14H10ClFN2S/c15-14-10-3-1-2-4-11(10)19-12(14)8-17-9-5-6-13(16)18-7-9/h1-7,17H,8H2. The maximum absolute atomic E-state index is 12.7. The van der Waals surface area contributed by atoms with Gasteiger partial charge < -0.3 is 5.32 Å². The lowest BCUT2D eigenvalue weighted by Gasteiger charge is -2.04. The zero-order chi connectivity index (χ0) is 13.2. The molecular weight excluding hydrogens is 283 g/mol. The summed E-state index contributed by atoms with van der Waals surface area (Å²) in [4.78, 5) is 4.66. The molecule has 3 aromatic rings. The molecule has 1 aromatic carbocycles. The number of nitrogens with zero attached hydrogens (tertiary/aromatic N) is 1. The van der Waals surface area contributed by atoms with E-state index < -0.39 is 5.95 Å². The fourth-order valence-electron chi connectivity index (χ4n) is 1.84. The summed E-state index contributed by atoms with van der Waals surface area (Å²) in [6.45, 7) is 0.603. The highest BCUT2D eigenvalue weighted by atomic mass is 35.5. The predicted molar refractivity (Wildman–Crippen MR) is 78.4 cm³/mol. The minimum atomic E-state index is -0.481. The lowest BCUT2D eigenvalue weighted by Crippen LogP contribution is -1.98. The number of aromatic nitrogens is 1. The third-order valence-corrected chi connectivity index (χ3v) is 4.50. The third kappa shape index (κ3) is 2.55. The molecule has 0 unspecified atom stereocenters. The first kappa shape index (κ1) is 12.4. The maximum Gasteiger partial charge on any atom is 0.212 e. The highest BCUT2D eigenvalue weighted by Gasteiger charge is 2.09. The van der Waals surface area contributed by atoms with Gasteiger partial charge in [-0.15, -0.1) is 11.3 Å². The molecule has 2 aromatic heterocycles. The summed E-state index contributed by atoms with van der Waals surface area (Å²) in [5.41, 5.74) is 0.773. The van der Waals surface area contributed by atoms with E-state index in [0.29, 0.717) is 6.54 Å². The Balaban J connectivity index is 1.82. The molecule has 0 aliphatic heterocycles. The number of pyridine rings is 1. The molecular formula is C14H10ClFN2S. The number of nitrogens with one attached hydrogen (secondary N) is 1. The van der Waals surface area contributed by atoms with Gasteiger partial charge in [0.25, 0.3) is 0 Å². The second kappa shape index (κ2) is 5.15. The second-order valence-corrected chi connectivity index (χ2v) is 5.57. The number of rotatable bonds is 3. The van der Waals surface area contributed by atoms with Crippen LogP contribution in [0.5, 0.6) is 0 Å². The van der Waals surface area contributed by atoms with Gasteiger partial charge in [-0.25, -0.2) is 4.98 Å². The van der Waals surface area contributed by atoms with E-state index in [0.717, 1.165) is 21.0 Å². The molecule has 0 fully saturated rings. The van der Waals surface area contributed by atoms with Crippen molar-refractivity contribution >= 4 is 38.7 Å². The van der Waals surface area contributed by atoms with Crippen molar-refractivity contribution in [3.63, 3.8) is 0 Å². The Labute approximate surface area is 118 Å². The smallest absolute Gasteiger partial charge is 0.212 e. The number of fused-ring (bicyclic) bond motifs is 1. The van der Waals surface area contributed by atoms with Crippen LogP contribution in [0.25, 0.3) is 10.1 Å². The Kier molecular flexibility index (Phi) is 3.36. The van der Waals surface area contributed by atoms with Gasteiger partial charge in [0.2, 0.25) is 5.95 Å². The minimum absolute atomic E-state index is 0.481. The summed E-state index contributed by atoms with van der Waals surface area (Å²) >= 11 is 8.00. The maximum atomic E-state index is 12.7. The van der Waals surface area contributed by atoms with E-state index in [1.54, 1.807) is 17.4 Å². The van der Waals surface area contributed by atoms with Crippen LogP contribution in [0.3, 0.4) is 0 Å². The normalized spacial score (nSPS) is 10.8. The van der Waals surface area contributed by atoms with Crippen molar-refractivity contribution in [2.45, 2.75) is 6.54 Å². The van der Waals surface area contributed by atoms with Gasteiger partial charge in [0.15, 0.2) is 0 Å². The molecule has 0 atom stereocenters. The van der Waals surface area contributed by atoms with E-state index >= 15 is 0 Å². The number of hydrogen-bond donors (Lipinski definition) is 1. The van der Waals surface area contributed by atoms with E-state index in [2.05, 4.69) is 16.4 Å². The average Bonchev–Trinajstić information content (AvgIpc) is 2.76. The van der Waals surface area contributed by atoms with Gasteiger partial charge in [0, 0.05) is 15.0 Å². The van der Waals surface area contributed by atoms with Crippen LogP contribution in [0.15, 0.2) is 42.6 Å². The van der Waals surface area contributed by atoms with E-state index in [-0.39, 0.29) is 0 Å². The average molecular weight is 293 g/mol. The monoisotopic (exact) mass is 292 g/mol. The van der Waals surface area contributed by atoms with Crippen molar-refractivity contribution in [2.24, 2.45) is 0 Å². The number of thiophene rings is 1. The summed E-state index contributed by atoms with van der Waals surface area (Å²) in [6, 6.07) is 11.0. The van der Waals surface area contributed by atoms with Crippen LogP contribution in [0.2, 0.25) is 5.02 Å². The van der Waals surface area contributed by atoms with Crippen LogP contribution in [0.4, 0.5) is 10.1 Å².